The van der Waals surface area contributed by atoms with Gasteiger partial charge in [-0.05, 0) is 60.9 Å². The van der Waals surface area contributed by atoms with Crippen molar-refractivity contribution in [2.24, 2.45) is 0 Å². The van der Waals surface area contributed by atoms with Crippen LogP contribution in [0.2, 0.25) is 0 Å². The van der Waals surface area contributed by atoms with Crippen molar-refractivity contribution in [1.82, 2.24) is 25.5 Å². The number of allylic oxidation sites excluding steroid dienone is 1. The molecule has 3 N–H and O–H groups in total. The van der Waals surface area contributed by atoms with E-state index in [1.165, 1.54) is 17.7 Å². The molecule has 1 aromatic carbocycles. The number of aromatic nitrogens is 4. The van der Waals surface area contributed by atoms with Gasteiger partial charge in [0.25, 0.3) is 0 Å². The Balaban J connectivity index is 1.65. The molecule has 0 saturated carbocycles. The molecule has 4 heterocycles. The number of H-pyrrole nitrogens is 2. The fraction of sp³-hybridized carbons (Fsp3) is 0.154. The van der Waals surface area contributed by atoms with Crippen LogP contribution in [0.1, 0.15) is 13.3 Å². The minimum absolute atomic E-state index is 0.270. The average Bonchev–Trinajstić information content (AvgIpc) is 3.43. The standard InChI is InChI=1S/C26H24FN5/c1-3-23-21(11-16(2)17-7-9-28-10-8-17)26(32-31-23)24-13-20-22(14-29-15-25(20)30-24)18-5-4-6-19(27)12-18/h3-7,11-15,28,30-31H,2,8-10H2,1H3/b21-11+,23-3+. The van der Waals surface area contributed by atoms with Crippen molar-refractivity contribution in [2.45, 2.75) is 13.3 Å². The molecule has 0 radical (unpaired) electrons. The molecule has 0 unspecified atom stereocenters. The van der Waals surface area contributed by atoms with Crippen LogP contribution in [-0.2, 0) is 0 Å². The molecule has 0 saturated heterocycles. The van der Waals surface area contributed by atoms with Gasteiger partial charge >= 0.3 is 0 Å². The number of fused-ring (bicyclic) bond motifs is 1. The Hall–Kier alpha value is -3.77. The zero-order valence-electron chi connectivity index (χ0n) is 17.9. The van der Waals surface area contributed by atoms with Crippen LogP contribution in [0.5, 0.6) is 0 Å². The van der Waals surface area contributed by atoms with Crippen LogP contribution in [0.15, 0.2) is 66.5 Å². The second-order valence-corrected chi connectivity index (χ2v) is 7.88. The third-order valence-corrected chi connectivity index (χ3v) is 5.85. The van der Waals surface area contributed by atoms with Crippen LogP contribution >= 0.6 is 0 Å². The molecule has 3 aromatic heterocycles. The van der Waals surface area contributed by atoms with Crippen molar-refractivity contribution in [3.05, 3.63) is 82.9 Å². The van der Waals surface area contributed by atoms with Crippen LogP contribution in [0.3, 0.4) is 0 Å². The molecular weight excluding hydrogens is 401 g/mol. The molecule has 6 heteroatoms. The molecule has 160 valence electrons. The normalized spacial score (nSPS) is 15.4. The molecule has 1 aliphatic rings. The molecular formula is C26H24FN5. The molecule has 0 amide bonds. The fourth-order valence-electron chi connectivity index (χ4n) is 4.18. The van der Waals surface area contributed by atoms with Gasteiger partial charge in [-0.2, -0.15) is 5.10 Å². The molecule has 0 aliphatic carbocycles. The smallest absolute Gasteiger partial charge is 0.123 e. The second-order valence-electron chi connectivity index (χ2n) is 7.88. The number of hydrogen-bond donors (Lipinski definition) is 3. The summed E-state index contributed by atoms with van der Waals surface area (Å²) in [4.78, 5) is 7.80. The molecule has 0 bridgehead atoms. The van der Waals surface area contributed by atoms with Gasteiger partial charge in [0.05, 0.1) is 22.8 Å². The molecule has 32 heavy (non-hydrogen) atoms. The average molecular weight is 426 g/mol. The van der Waals surface area contributed by atoms with Crippen LogP contribution in [0.25, 0.3) is 45.6 Å². The first-order valence-corrected chi connectivity index (χ1v) is 10.7. The zero-order valence-corrected chi connectivity index (χ0v) is 17.9. The maximum absolute atomic E-state index is 13.8. The highest BCUT2D eigenvalue weighted by Crippen LogP contribution is 2.30. The maximum Gasteiger partial charge on any atom is 0.123 e. The van der Waals surface area contributed by atoms with Gasteiger partial charge in [0.2, 0.25) is 0 Å². The van der Waals surface area contributed by atoms with E-state index >= 15 is 0 Å². The monoisotopic (exact) mass is 425 g/mol. The Labute approximate surface area is 185 Å². The van der Waals surface area contributed by atoms with Crippen molar-refractivity contribution in [3.8, 4) is 22.5 Å². The molecule has 0 fully saturated rings. The van der Waals surface area contributed by atoms with E-state index in [0.717, 1.165) is 69.1 Å². The summed E-state index contributed by atoms with van der Waals surface area (Å²) < 4.78 is 13.8. The summed E-state index contributed by atoms with van der Waals surface area (Å²) in [5, 5.41) is 14.0. The lowest BCUT2D eigenvalue weighted by Gasteiger charge is -2.13. The Kier molecular flexibility index (Phi) is 5.29. The van der Waals surface area contributed by atoms with Gasteiger partial charge in [-0.3, -0.25) is 10.1 Å². The van der Waals surface area contributed by atoms with Crippen LogP contribution in [0.4, 0.5) is 4.39 Å². The van der Waals surface area contributed by atoms with Crippen LogP contribution < -0.4 is 15.9 Å². The van der Waals surface area contributed by atoms with Crippen molar-refractivity contribution >= 4 is 23.1 Å². The summed E-state index contributed by atoms with van der Waals surface area (Å²) >= 11 is 0. The Bertz CT molecular complexity index is 1470. The van der Waals surface area contributed by atoms with Gasteiger partial charge in [-0.1, -0.05) is 30.9 Å². The Morgan fingerprint density at radius 3 is 2.91 bits per heavy atom. The van der Waals surface area contributed by atoms with E-state index in [1.54, 1.807) is 18.5 Å². The zero-order chi connectivity index (χ0) is 22.1. The van der Waals surface area contributed by atoms with E-state index in [-0.39, 0.29) is 5.82 Å². The lowest BCUT2D eigenvalue weighted by molar-refractivity contribution is 0.628. The first-order chi connectivity index (χ1) is 15.6. The molecule has 5 nitrogen and oxygen atoms in total. The highest BCUT2D eigenvalue weighted by atomic mass is 19.1. The number of aromatic amines is 2. The van der Waals surface area contributed by atoms with Crippen molar-refractivity contribution < 1.29 is 4.39 Å². The van der Waals surface area contributed by atoms with Gasteiger partial charge in [0.1, 0.15) is 11.5 Å². The van der Waals surface area contributed by atoms with Crippen molar-refractivity contribution in [1.29, 1.82) is 0 Å². The molecule has 4 aromatic rings. The molecule has 0 spiro atoms. The lowest BCUT2D eigenvalue weighted by Crippen LogP contribution is -2.25. The van der Waals surface area contributed by atoms with E-state index in [4.69, 9.17) is 0 Å². The summed E-state index contributed by atoms with van der Waals surface area (Å²) in [6.07, 6.45) is 10.8. The number of nitrogens with zero attached hydrogens (tertiary/aromatic N) is 2. The third kappa shape index (κ3) is 3.69. The number of pyridine rings is 1. The van der Waals surface area contributed by atoms with E-state index in [2.05, 4.69) is 50.3 Å². The second kappa shape index (κ2) is 8.40. The number of benzene rings is 1. The number of rotatable bonds is 4. The van der Waals surface area contributed by atoms with E-state index in [9.17, 15) is 4.39 Å². The molecule has 5 rings (SSSR count). The number of nitrogens with one attached hydrogen (secondary N) is 3. The summed E-state index contributed by atoms with van der Waals surface area (Å²) in [5.74, 6) is -0.270. The first-order valence-electron chi connectivity index (χ1n) is 10.7. The Morgan fingerprint density at radius 2 is 2.12 bits per heavy atom. The van der Waals surface area contributed by atoms with Gasteiger partial charge in [0.15, 0.2) is 0 Å². The highest BCUT2D eigenvalue weighted by molar-refractivity contribution is 5.97. The summed E-state index contributed by atoms with van der Waals surface area (Å²) in [6, 6.07) is 8.62. The quantitative estimate of drug-likeness (QED) is 0.466. The Morgan fingerprint density at radius 1 is 1.22 bits per heavy atom. The van der Waals surface area contributed by atoms with Gasteiger partial charge in [0, 0.05) is 28.9 Å². The van der Waals surface area contributed by atoms with E-state index < -0.39 is 0 Å². The minimum Gasteiger partial charge on any atom is -0.352 e. The summed E-state index contributed by atoms with van der Waals surface area (Å²) in [5.41, 5.74) is 6.47. The topological polar surface area (TPSA) is 69.4 Å². The maximum atomic E-state index is 13.8. The predicted octanol–water partition coefficient (Wildman–Crippen LogP) is 3.82. The highest BCUT2D eigenvalue weighted by Gasteiger charge is 2.14. The van der Waals surface area contributed by atoms with E-state index in [1.807, 2.05) is 19.1 Å². The van der Waals surface area contributed by atoms with Gasteiger partial charge < -0.3 is 10.3 Å². The predicted molar refractivity (Wildman–Crippen MR) is 128 cm³/mol. The molecule has 0 atom stereocenters. The SMILES string of the molecule is C=C(/C=c1/c(-c2cc3c(-c4cccc(F)c4)cncc3[nH]2)n[nH]/c1=C/C)C1=CCNCC1. The van der Waals surface area contributed by atoms with E-state index in [0.29, 0.717) is 0 Å². The van der Waals surface area contributed by atoms with Crippen molar-refractivity contribution in [2.75, 3.05) is 13.1 Å². The van der Waals surface area contributed by atoms with Gasteiger partial charge in [-0.25, -0.2) is 4.39 Å². The molecule has 1 aliphatic heterocycles. The lowest BCUT2D eigenvalue weighted by atomic mass is 10.00. The first kappa shape index (κ1) is 20.2. The van der Waals surface area contributed by atoms with Crippen molar-refractivity contribution in [3.63, 3.8) is 0 Å². The van der Waals surface area contributed by atoms with Crippen LogP contribution in [-0.4, -0.2) is 33.3 Å². The third-order valence-electron chi connectivity index (χ3n) is 5.85. The van der Waals surface area contributed by atoms with Gasteiger partial charge in [-0.15, -0.1) is 0 Å². The summed E-state index contributed by atoms with van der Waals surface area (Å²) in [7, 11) is 0. The minimum atomic E-state index is -0.270. The summed E-state index contributed by atoms with van der Waals surface area (Å²) in [6.45, 7) is 8.12. The number of hydrogen-bond acceptors (Lipinski definition) is 3. The van der Waals surface area contributed by atoms with Crippen LogP contribution in [0, 0.1) is 5.82 Å². The largest absolute Gasteiger partial charge is 0.352 e. The fourth-order valence-corrected chi connectivity index (χ4v) is 4.18. The number of halogens is 1.